The molecule has 0 aliphatic heterocycles. The number of aromatic hydroxyl groups is 1. The van der Waals surface area contributed by atoms with Crippen LogP contribution in [0.15, 0.2) is 51.0 Å². The van der Waals surface area contributed by atoms with E-state index in [-0.39, 0.29) is 11.0 Å². The van der Waals surface area contributed by atoms with Gasteiger partial charge in [0, 0.05) is 22.2 Å². The number of azo groups is 1. The van der Waals surface area contributed by atoms with E-state index < -0.39 is 0 Å². The molecule has 0 bridgehead atoms. The lowest BCUT2D eigenvalue weighted by Gasteiger charge is -1.93. The van der Waals surface area contributed by atoms with Crippen molar-refractivity contribution < 1.29 is 9.52 Å². The van der Waals surface area contributed by atoms with Gasteiger partial charge in [0.05, 0.1) is 5.52 Å². The fourth-order valence-corrected chi connectivity index (χ4v) is 2.63. The van der Waals surface area contributed by atoms with Crippen LogP contribution in [-0.4, -0.2) is 15.2 Å². The highest BCUT2D eigenvalue weighted by Crippen LogP contribution is 2.40. The van der Waals surface area contributed by atoms with E-state index in [9.17, 15) is 5.11 Å². The van der Waals surface area contributed by atoms with Gasteiger partial charge in [0.2, 0.25) is 11.0 Å². The Labute approximate surface area is 129 Å². The fourth-order valence-electron chi connectivity index (χ4n) is 2.59. The van der Waals surface area contributed by atoms with Gasteiger partial charge in [-0.3, -0.25) is 0 Å². The van der Waals surface area contributed by atoms with Crippen molar-refractivity contribution in [3.05, 3.63) is 36.4 Å². The summed E-state index contributed by atoms with van der Waals surface area (Å²) in [5, 5.41) is 20.1. The van der Waals surface area contributed by atoms with Crippen LogP contribution in [0.2, 0.25) is 0 Å². The van der Waals surface area contributed by atoms with Gasteiger partial charge in [0.25, 0.3) is 0 Å². The van der Waals surface area contributed by atoms with Gasteiger partial charge in [0.15, 0.2) is 5.69 Å². The lowest BCUT2D eigenvalue weighted by molar-refractivity contribution is 0.459. The number of furan rings is 1. The van der Waals surface area contributed by atoms with E-state index in [0.717, 1.165) is 27.3 Å². The molecule has 4 rings (SSSR count). The normalized spacial score (nSPS) is 12.0. The Morgan fingerprint density at radius 3 is 2.77 bits per heavy atom. The molecule has 108 valence electrons. The van der Waals surface area contributed by atoms with Gasteiger partial charge in [-0.15, -0.1) is 10.2 Å². The second-order valence-electron chi connectivity index (χ2n) is 4.85. The van der Waals surface area contributed by atoms with Gasteiger partial charge >= 0.3 is 0 Å². The van der Waals surface area contributed by atoms with Gasteiger partial charge in [-0.05, 0) is 24.4 Å². The summed E-state index contributed by atoms with van der Waals surface area (Å²) in [6.07, 6.45) is 0. The first-order valence-electron chi connectivity index (χ1n) is 6.50. The molecule has 2 aromatic carbocycles. The van der Waals surface area contributed by atoms with Crippen molar-refractivity contribution in [2.45, 2.75) is 0 Å². The zero-order valence-electron chi connectivity index (χ0n) is 11.2. The molecule has 0 aliphatic carbocycles. The predicted molar refractivity (Wildman–Crippen MR) is 88.5 cm³/mol. The van der Waals surface area contributed by atoms with Gasteiger partial charge in [-0.1, -0.05) is 18.2 Å². The molecule has 0 saturated heterocycles. The van der Waals surface area contributed by atoms with Crippen LogP contribution in [0.5, 0.6) is 5.88 Å². The molecule has 0 fully saturated rings. The first-order chi connectivity index (χ1) is 10.6. The number of aromatic nitrogens is 1. The molecule has 6 nitrogen and oxygen atoms in total. The van der Waals surface area contributed by atoms with Crippen LogP contribution in [0.4, 0.5) is 5.69 Å². The van der Waals surface area contributed by atoms with Crippen LogP contribution in [0.25, 0.3) is 32.8 Å². The molecular formula is C15H10N4O2S. The molecule has 0 saturated carbocycles. The number of nitrogens with two attached hydrogens (primary N) is 1. The highest BCUT2D eigenvalue weighted by Gasteiger charge is 2.14. The minimum absolute atomic E-state index is 0.0908. The molecule has 0 spiro atoms. The molecular weight excluding hydrogens is 300 g/mol. The zero-order chi connectivity index (χ0) is 15.3. The number of hydrogen-bond acceptors (Lipinski definition) is 4. The largest absolute Gasteiger partial charge is 0.493 e. The Hall–Kier alpha value is -2.93. The summed E-state index contributed by atoms with van der Waals surface area (Å²) >= 11 is 4.67. The number of nitrogens with one attached hydrogen (secondary N) is 1. The second kappa shape index (κ2) is 4.54. The third-order valence-electron chi connectivity index (χ3n) is 3.50. The third kappa shape index (κ3) is 1.83. The van der Waals surface area contributed by atoms with Gasteiger partial charge in [0.1, 0.15) is 11.2 Å². The number of para-hydroxylation sites is 1. The van der Waals surface area contributed by atoms with Crippen molar-refractivity contribution >= 4 is 55.9 Å². The van der Waals surface area contributed by atoms with Crippen LogP contribution in [0, 0.1) is 0 Å². The lowest BCUT2D eigenvalue weighted by Crippen LogP contribution is -2.01. The van der Waals surface area contributed by atoms with Crippen LogP contribution >= 0.6 is 12.2 Å². The average molecular weight is 310 g/mol. The summed E-state index contributed by atoms with van der Waals surface area (Å²) in [5.41, 5.74) is 7.85. The maximum Gasteiger partial charge on any atom is 0.218 e. The van der Waals surface area contributed by atoms with E-state index in [1.807, 2.05) is 36.4 Å². The molecule has 0 amide bonds. The number of thiocarbonyl (C=S) groups is 1. The highest BCUT2D eigenvalue weighted by molar-refractivity contribution is 7.80. The standard InChI is InChI=1S/C15H10N4O2S/c16-15(22)19-18-13-9-5-8-7-3-1-2-4-11(7)21-12(8)6-10(9)17-14(13)20/h1-6,17,20H,(H2,16,22). The highest BCUT2D eigenvalue weighted by atomic mass is 32.1. The summed E-state index contributed by atoms with van der Waals surface area (Å²) in [5.74, 6) is -0.0908. The molecule has 0 radical (unpaired) electrons. The van der Waals surface area contributed by atoms with Crippen molar-refractivity contribution in [3.63, 3.8) is 0 Å². The Morgan fingerprint density at radius 1 is 1.14 bits per heavy atom. The van der Waals surface area contributed by atoms with Crippen molar-refractivity contribution in [2.24, 2.45) is 16.0 Å². The molecule has 0 atom stereocenters. The van der Waals surface area contributed by atoms with Crippen molar-refractivity contribution in [2.75, 3.05) is 0 Å². The maximum absolute atomic E-state index is 9.98. The molecule has 4 aromatic rings. The van der Waals surface area contributed by atoms with Gasteiger partial charge in [-0.2, -0.15) is 0 Å². The summed E-state index contributed by atoms with van der Waals surface area (Å²) in [4.78, 5) is 2.84. The minimum Gasteiger partial charge on any atom is -0.493 e. The fraction of sp³-hybridized carbons (Fsp3) is 0. The third-order valence-corrected chi connectivity index (χ3v) is 3.58. The molecule has 0 aliphatic rings. The average Bonchev–Trinajstić information content (AvgIpc) is 2.99. The first kappa shape index (κ1) is 12.8. The Morgan fingerprint density at radius 2 is 1.95 bits per heavy atom. The molecule has 2 heterocycles. The van der Waals surface area contributed by atoms with Crippen LogP contribution in [0.3, 0.4) is 0 Å². The van der Waals surface area contributed by atoms with E-state index in [2.05, 4.69) is 27.4 Å². The summed E-state index contributed by atoms with van der Waals surface area (Å²) < 4.78 is 5.81. The van der Waals surface area contributed by atoms with E-state index in [0.29, 0.717) is 11.2 Å². The lowest BCUT2D eigenvalue weighted by atomic mass is 10.1. The molecule has 4 N–H and O–H groups in total. The Bertz CT molecular complexity index is 1080. The number of H-pyrrole nitrogens is 1. The number of benzene rings is 2. The van der Waals surface area contributed by atoms with Gasteiger partial charge < -0.3 is 20.2 Å². The van der Waals surface area contributed by atoms with E-state index in [4.69, 9.17) is 10.2 Å². The maximum atomic E-state index is 9.98. The predicted octanol–water partition coefficient (Wildman–Crippen LogP) is 4.10. The number of fused-ring (bicyclic) bond motifs is 4. The van der Waals surface area contributed by atoms with Crippen molar-refractivity contribution in [1.82, 2.24) is 4.98 Å². The van der Waals surface area contributed by atoms with Crippen molar-refractivity contribution in [3.8, 4) is 5.88 Å². The number of aromatic amines is 1. The monoisotopic (exact) mass is 310 g/mol. The molecule has 2 aromatic heterocycles. The molecule has 7 heteroatoms. The van der Waals surface area contributed by atoms with E-state index in [1.54, 1.807) is 0 Å². The molecule has 0 unspecified atom stereocenters. The topological polar surface area (TPSA) is 99.9 Å². The second-order valence-corrected chi connectivity index (χ2v) is 5.27. The Balaban J connectivity index is 2.07. The molecule has 22 heavy (non-hydrogen) atoms. The number of hydrogen-bond donors (Lipinski definition) is 3. The van der Waals surface area contributed by atoms with E-state index in [1.165, 1.54) is 0 Å². The van der Waals surface area contributed by atoms with Gasteiger partial charge in [-0.25, -0.2) is 0 Å². The smallest absolute Gasteiger partial charge is 0.218 e. The van der Waals surface area contributed by atoms with Crippen LogP contribution in [-0.2, 0) is 0 Å². The van der Waals surface area contributed by atoms with Crippen molar-refractivity contribution in [1.29, 1.82) is 0 Å². The minimum atomic E-state index is -0.0939. The first-order valence-corrected chi connectivity index (χ1v) is 6.91. The number of rotatable bonds is 1. The van der Waals surface area contributed by atoms with E-state index >= 15 is 0 Å². The summed E-state index contributed by atoms with van der Waals surface area (Å²) in [7, 11) is 0. The van der Waals surface area contributed by atoms with Crippen LogP contribution in [0.1, 0.15) is 0 Å². The summed E-state index contributed by atoms with van der Waals surface area (Å²) in [6, 6.07) is 11.5. The summed E-state index contributed by atoms with van der Waals surface area (Å²) in [6.45, 7) is 0. The Kier molecular flexibility index (Phi) is 2.64. The number of nitrogens with zero attached hydrogens (tertiary/aromatic N) is 2. The quantitative estimate of drug-likeness (QED) is 0.364. The SMILES string of the molecule is NC(=S)N=Nc1c(O)[nH]c2cc3oc4ccccc4c3cc12. The zero-order valence-corrected chi connectivity index (χ0v) is 12.0. The van der Waals surface area contributed by atoms with Crippen LogP contribution < -0.4 is 5.73 Å².